The van der Waals surface area contributed by atoms with E-state index in [1.807, 2.05) is 6.92 Å². The first-order valence-electron chi connectivity index (χ1n) is 3.71. The Morgan fingerprint density at radius 2 is 2.00 bits per heavy atom. The van der Waals surface area contributed by atoms with E-state index in [2.05, 4.69) is 0 Å². The van der Waals surface area contributed by atoms with Gasteiger partial charge in [-0.2, -0.15) is 0 Å². The van der Waals surface area contributed by atoms with Crippen molar-refractivity contribution >= 4 is 0 Å². The van der Waals surface area contributed by atoms with E-state index in [-0.39, 0.29) is 6.04 Å². The third-order valence-corrected chi connectivity index (χ3v) is 2.21. The number of rotatable bonds is 1. The maximum absolute atomic E-state index is 9.74. The van der Waals surface area contributed by atoms with Gasteiger partial charge in [-0.1, -0.05) is 0 Å². The summed E-state index contributed by atoms with van der Waals surface area (Å²) in [5.74, 6) is 0. The van der Waals surface area contributed by atoms with E-state index < -0.39 is 5.60 Å². The highest BCUT2D eigenvalue weighted by atomic mass is 16.5. The molecule has 0 aromatic carbocycles. The van der Waals surface area contributed by atoms with Crippen molar-refractivity contribution in [2.24, 2.45) is 5.73 Å². The van der Waals surface area contributed by atoms with E-state index in [9.17, 15) is 5.11 Å². The molecule has 1 rings (SSSR count). The van der Waals surface area contributed by atoms with Crippen molar-refractivity contribution < 1.29 is 9.84 Å². The maximum atomic E-state index is 9.74. The summed E-state index contributed by atoms with van der Waals surface area (Å²) in [5.41, 5.74) is 4.93. The average molecular weight is 145 g/mol. The van der Waals surface area contributed by atoms with Gasteiger partial charge in [-0.05, 0) is 6.92 Å². The zero-order chi connectivity index (χ0) is 7.61. The molecule has 0 aromatic heterocycles. The summed E-state index contributed by atoms with van der Waals surface area (Å²) in [7, 11) is 0. The second-order valence-corrected chi connectivity index (χ2v) is 3.00. The highest BCUT2D eigenvalue weighted by Gasteiger charge is 2.33. The first-order valence-corrected chi connectivity index (χ1v) is 3.71. The minimum Gasteiger partial charge on any atom is -0.388 e. The van der Waals surface area contributed by atoms with Crippen LogP contribution in [0.25, 0.3) is 0 Å². The summed E-state index contributed by atoms with van der Waals surface area (Å²) in [6, 6.07) is -0.142. The molecule has 0 radical (unpaired) electrons. The first-order chi connectivity index (χ1) is 4.65. The smallest absolute Gasteiger partial charge is 0.0839 e. The van der Waals surface area contributed by atoms with Gasteiger partial charge < -0.3 is 15.6 Å². The SMILES string of the molecule is CC(N)C1(O)CCOCC1. The van der Waals surface area contributed by atoms with E-state index in [1.165, 1.54) is 0 Å². The minimum absolute atomic E-state index is 0.142. The van der Waals surface area contributed by atoms with Gasteiger partial charge in [0.25, 0.3) is 0 Å². The van der Waals surface area contributed by atoms with Crippen LogP contribution in [0.1, 0.15) is 19.8 Å². The minimum atomic E-state index is -0.668. The maximum Gasteiger partial charge on any atom is 0.0839 e. The molecule has 3 heteroatoms. The summed E-state index contributed by atoms with van der Waals surface area (Å²) in [6.07, 6.45) is 1.34. The highest BCUT2D eigenvalue weighted by Crippen LogP contribution is 2.22. The molecule has 1 heterocycles. The quantitative estimate of drug-likeness (QED) is 0.540. The van der Waals surface area contributed by atoms with Gasteiger partial charge in [-0.15, -0.1) is 0 Å². The summed E-state index contributed by atoms with van der Waals surface area (Å²) in [6.45, 7) is 3.11. The molecule has 1 saturated heterocycles. The van der Waals surface area contributed by atoms with Crippen molar-refractivity contribution in [2.75, 3.05) is 13.2 Å². The summed E-state index contributed by atoms with van der Waals surface area (Å²) >= 11 is 0. The van der Waals surface area contributed by atoms with E-state index in [4.69, 9.17) is 10.5 Å². The molecule has 1 fully saturated rings. The lowest BCUT2D eigenvalue weighted by Crippen LogP contribution is -2.49. The molecular formula is C7H15NO2. The van der Waals surface area contributed by atoms with Crippen molar-refractivity contribution in [1.82, 2.24) is 0 Å². The van der Waals surface area contributed by atoms with Crippen LogP contribution in [-0.2, 0) is 4.74 Å². The second-order valence-electron chi connectivity index (χ2n) is 3.00. The van der Waals surface area contributed by atoms with Crippen molar-refractivity contribution in [3.63, 3.8) is 0 Å². The Morgan fingerprint density at radius 3 is 2.30 bits per heavy atom. The Balaban J connectivity index is 2.48. The molecule has 3 nitrogen and oxygen atoms in total. The largest absolute Gasteiger partial charge is 0.388 e. The molecule has 0 amide bonds. The summed E-state index contributed by atoms with van der Waals surface area (Å²) < 4.78 is 5.10. The molecule has 0 aliphatic carbocycles. The van der Waals surface area contributed by atoms with E-state index >= 15 is 0 Å². The molecule has 1 atom stereocenters. The fourth-order valence-electron chi connectivity index (χ4n) is 1.18. The van der Waals surface area contributed by atoms with Crippen LogP contribution in [0.15, 0.2) is 0 Å². The molecule has 1 aliphatic heterocycles. The standard InChI is InChI=1S/C7H15NO2/c1-6(8)7(9)2-4-10-5-3-7/h6,9H,2-5,8H2,1H3. The van der Waals surface area contributed by atoms with Gasteiger partial charge in [0.1, 0.15) is 0 Å². The van der Waals surface area contributed by atoms with Crippen molar-refractivity contribution in [1.29, 1.82) is 0 Å². The Hall–Kier alpha value is -0.120. The number of ether oxygens (including phenoxy) is 1. The lowest BCUT2D eigenvalue weighted by molar-refractivity contribution is -0.0748. The average Bonchev–Trinajstić information content (AvgIpc) is 1.89. The number of hydrogen-bond donors (Lipinski definition) is 2. The number of nitrogens with two attached hydrogens (primary N) is 1. The third kappa shape index (κ3) is 1.48. The van der Waals surface area contributed by atoms with Crippen molar-refractivity contribution in [3.8, 4) is 0 Å². The van der Waals surface area contributed by atoms with E-state index in [0.29, 0.717) is 26.1 Å². The fraction of sp³-hybridized carbons (Fsp3) is 1.00. The number of hydrogen-bond acceptors (Lipinski definition) is 3. The van der Waals surface area contributed by atoms with Gasteiger partial charge in [0.15, 0.2) is 0 Å². The zero-order valence-electron chi connectivity index (χ0n) is 6.34. The molecular weight excluding hydrogens is 130 g/mol. The van der Waals surface area contributed by atoms with Crippen LogP contribution in [0.5, 0.6) is 0 Å². The highest BCUT2D eigenvalue weighted by molar-refractivity contribution is 4.88. The topological polar surface area (TPSA) is 55.5 Å². The molecule has 0 bridgehead atoms. The molecule has 60 valence electrons. The molecule has 0 saturated carbocycles. The summed E-state index contributed by atoms with van der Waals surface area (Å²) in [4.78, 5) is 0. The van der Waals surface area contributed by atoms with Crippen molar-refractivity contribution in [2.45, 2.75) is 31.4 Å². The van der Waals surface area contributed by atoms with Crippen LogP contribution in [-0.4, -0.2) is 30.0 Å². The monoisotopic (exact) mass is 145 g/mol. The lowest BCUT2D eigenvalue weighted by atomic mass is 9.88. The Kier molecular flexibility index (Phi) is 2.28. The van der Waals surface area contributed by atoms with Gasteiger partial charge in [-0.25, -0.2) is 0 Å². The predicted molar refractivity (Wildman–Crippen MR) is 38.7 cm³/mol. The zero-order valence-corrected chi connectivity index (χ0v) is 6.34. The van der Waals surface area contributed by atoms with E-state index in [1.54, 1.807) is 0 Å². The first kappa shape index (κ1) is 7.98. The lowest BCUT2D eigenvalue weighted by Gasteiger charge is -2.35. The Morgan fingerprint density at radius 1 is 1.50 bits per heavy atom. The second kappa shape index (κ2) is 2.86. The number of aliphatic hydroxyl groups is 1. The predicted octanol–water partition coefficient (Wildman–Crippen LogP) is -0.125. The van der Waals surface area contributed by atoms with Gasteiger partial charge in [0, 0.05) is 32.1 Å². The van der Waals surface area contributed by atoms with Gasteiger partial charge in [0.05, 0.1) is 5.60 Å². The summed E-state index contributed by atoms with van der Waals surface area (Å²) in [5, 5.41) is 9.74. The molecule has 0 aromatic rings. The van der Waals surface area contributed by atoms with Crippen molar-refractivity contribution in [3.05, 3.63) is 0 Å². The van der Waals surface area contributed by atoms with Crippen LogP contribution in [0.4, 0.5) is 0 Å². The van der Waals surface area contributed by atoms with Crippen LogP contribution < -0.4 is 5.73 Å². The van der Waals surface area contributed by atoms with Crippen LogP contribution in [0, 0.1) is 0 Å². The third-order valence-electron chi connectivity index (χ3n) is 2.21. The van der Waals surface area contributed by atoms with E-state index in [0.717, 1.165) is 0 Å². The van der Waals surface area contributed by atoms with Crippen LogP contribution in [0.2, 0.25) is 0 Å². The molecule has 3 N–H and O–H groups in total. The Bertz CT molecular complexity index is 108. The normalized spacial score (nSPS) is 27.9. The van der Waals surface area contributed by atoms with Gasteiger partial charge in [-0.3, -0.25) is 0 Å². The van der Waals surface area contributed by atoms with Crippen LogP contribution in [0.3, 0.4) is 0 Å². The molecule has 0 spiro atoms. The molecule has 10 heavy (non-hydrogen) atoms. The molecule has 1 unspecified atom stereocenters. The Labute approximate surface area is 61.2 Å². The fourth-order valence-corrected chi connectivity index (χ4v) is 1.18. The van der Waals surface area contributed by atoms with Gasteiger partial charge >= 0.3 is 0 Å². The molecule has 1 aliphatic rings. The van der Waals surface area contributed by atoms with Gasteiger partial charge in [0.2, 0.25) is 0 Å². The van der Waals surface area contributed by atoms with Crippen LogP contribution >= 0.6 is 0 Å².